The van der Waals surface area contributed by atoms with Gasteiger partial charge in [0.1, 0.15) is 0 Å². The average molecular weight is 207 g/mol. The fourth-order valence-electron chi connectivity index (χ4n) is 2.12. The summed E-state index contributed by atoms with van der Waals surface area (Å²) in [4.78, 5) is 11.1. The summed E-state index contributed by atoms with van der Waals surface area (Å²) in [6.07, 6.45) is 7.37. The van der Waals surface area contributed by atoms with Gasteiger partial charge in [-0.3, -0.25) is 9.48 Å². The zero-order valence-electron chi connectivity index (χ0n) is 8.85. The van der Waals surface area contributed by atoms with Gasteiger partial charge >= 0.3 is 0 Å². The molecule has 1 aliphatic rings. The number of hydrogen-bond acceptors (Lipinski definition) is 3. The molecule has 0 spiro atoms. The third-order valence-electron chi connectivity index (χ3n) is 2.97. The molecule has 0 aromatic carbocycles. The Morgan fingerprint density at radius 1 is 1.53 bits per heavy atom. The van der Waals surface area contributed by atoms with E-state index >= 15 is 0 Å². The second-order valence-corrected chi connectivity index (χ2v) is 4.14. The van der Waals surface area contributed by atoms with E-state index in [2.05, 4.69) is 5.10 Å². The van der Waals surface area contributed by atoms with Crippen molar-refractivity contribution in [3.05, 3.63) is 18.0 Å². The number of carbonyl (C=O) groups is 1. The van der Waals surface area contributed by atoms with Gasteiger partial charge in [0.2, 0.25) is 0 Å². The van der Waals surface area contributed by atoms with E-state index in [1.807, 2.05) is 16.9 Å². The molecule has 82 valence electrons. The molecule has 0 bridgehead atoms. The van der Waals surface area contributed by atoms with Crippen molar-refractivity contribution in [1.29, 1.82) is 0 Å². The van der Waals surface area contributed by atoms with Crippen LogP contribution in [0.3, 0.4) is 0 Å². The Morgan fingerprint density at radius 2 is 2.27 bits per heavy atom. The Bertz CT molecular complexity index is 339. The molecule has 1 saturated carbocycles. The summed E-state index contributed by atoms with van der Waals surface area (Å²) in [6.45, 7) is 0.107. The Labute approximate surface area is 89.5 Å². The van der Waals surface area contributed by atoms with E-state index in [1.54, 1.807) is 0 Å². The lowest BCUT2D eigenvalue weighted by atomic mass is 10.2. The maximum atomic E-state index is 11.1. The first kappa shape index (κ1) is 10.4. The molecule has 0 saturated heterocycles. The van der Waals surface area contributed by atoms with E-state index in [1.165, 1.54) is 25.7 Å². The number of nitrogens with zero attached hydrogens (tertiary/aromatic N) is 2. The molecule has 2 N–H and O–H groups in total. The van der Waals surface area contributed by atoms with Crippen LogP contribution in [0.2, 0.25) is 0 Å². The molecule has 1 aliphatic carbocycles. The van der Waals surface area contributed by atoms with Crippen LogP contribution in [-0.4, -0.2) is 22.1 Å². The van der Waals surface area contributed by atoms with Gasteiger partial charge in [0.15, 0.2) is 5.78 Å². The Morgan fingerprint density at radius 3 is 2.93 bits per heavy atom. The van der Waals surface area contributed by atoms with Crippen molar-refractivity contribution < 1.29 is 4.79 Å². The number of aromatic nitrogens is 2. The molecule has 0 amide bonds. The highest BCUT2D eigenvalue weighted by molar-refractivity contribution is 5.82. The molecule has 1 heterocycles. The molecule has 1 fully saturated rings. The normalized spacial score (nSPS) is 17.1. The first-order chi connectivity index (χ1) is 7.29. The van der Waals surface area contributed by atoms with Gasteiger partial charge in [0, 0.05) is 6.20 Å². The summed E-state index contributed by atoms with van der Waals surface area (Å²) >= 11 is 0. The van der Waals surface area contributed by atoms with Gasteiger partial charge in [-0.1, -0.05) is 12.8 Å². The predicted octanol–water partition coefficient (Wildman–Crippen LogP) is 1.07. The van der Waals surface area contributed by atoms with Crippen LogP contribution in [0, 0.1) is 0 Å². The third kappa shape index (κ3) is 2.45. The van der Waals surface area contributed by atoms with Crippen LogP contribution in [0.1, 0.15) is 37.4 Å². The fraction of sp³-hybridized carbons (Fsp3) is 0.636. The maximum Gasteiger partial charge on any atom is 0.152 e. The second-order valence-electron chi connectivity index (χ2n) is 4.14. The van der Waals surface area contributed by atoms with Crippen molar-refractivity contribution in [2.75, 3.05) is 6.54 Å². The molecule has 0 radical (unpaired) electrons. The number of rotatable bonds is 4. The van der Waals surface area contributed by atoms with Gasteiger partial charge in [0.05, 0.1) is 24.7 Å². The Balaban J connectivity index is 2.00. The van der Waals surface area contributed by atoms with Gasteiger partial charge in [-0.2, -0.15) is 5.10 Å². The van der Waals surface area contributed by atoms with Crippen molar-refractivity contribution in [3.63, 3.8) is 0 Å². The van der Waals surface area contributed by atoms with Gasteiger partial charge in [-0.15, -0.1) is 0 Å². The first-order valence-electron chi connectivity index (χ1n) is 5.55. The molecule has 4 heteroatoms. The van der Waals surface area contributed by atoms with Crippen LogP contribution < -0.4 is 5.73 Å². The van der Waals surface area contributed by atoms with Crippen molar-refractivity contribution >= 4 is 5.78 Å². The van der Waals surface area contributed by atoms with Gasteiger partial charge in [0.25, 0.3) is 0 Å². The lowest BCUT2D eigenvalue weighted by molar-refractivity contribution is -0.117. The summed E-state index contributed by atoms with van der Waals surface area (Å²) in [6, 6.07) is 2.47. The van der Waals surface area contributed by atoms with Crippen LogP contribution in [0.15, 0.2) is 12.3 Å². The lowest BCUT2D eigenvalue weighted by Crippen LogP contribution is -2.16. The highest BCUT2D eigenvalue weighted by Crippen LogP contribution is 2.28. The Hall–Kier alpha value is -1.16. The highest BCUT2D eigenvalue weighted by Gasteiger charge is 2.17. The summed E-state index contributed by atoms with van der Waals surface area (Å²) in [5, 5.41) is 4.42. The summed E-state index contributed by atoms with van der Waals surface area (Å²) in [5.41, 5.74) is 6.11. The minimum absolute atomic E-state index is 0.0478. The summed E-state index contributed by atoms with van der Waals surface area (Å²) in [5.74, 6) is 0.0478. The summed E-state index contributed by atoms with van der Waals surface area (Å²) < 4.78 is 2.01. The van der Waals surface area contributed by atoms with Gasteiger partial charge in [-0.05, 0) is 18.9 Å². The van der Waals surface area contributed by atoms with Crippen LogP contribution in [0.5, 0.6) is 0 Å². The van der Waals surface area contributed by atoms with E-state index in [-0.39, 0.29) is 12.3 Å². The molecule has 1 aromatic heterocycles. The molecular formula is C11H17N3O. The number of carbonyl (C=O) groups excluding carboxylic acids is 1. The van der Waals surface area contributed by atoms with E-state index in [4.69, 9.17) is 5.73 Å². The zero-order chi connectivity index (χ0) is 10.7. The third-order valence-corrected chi connectivity index (χ3v) is 2.97. The quantitative estimate of drug-likeness (QED) is 0.803. The van der Waals surface area contributed by atoms with Gasteiger partial charge in [-0.25, -0.2) is 0 Å². The van der Waals surface area contributed by atoms with Gasteiger partial charge < -0.3 is 5.73 Å². The number of nitrogens with two attached hydrogens (primary N) is 1. The monoisotopic (exact) mass is 207 g/mol. The van der Waals surface area contributed by atoms with Crippen LogP contribution in [0.4, 0.5) is 0 Å². The van der Waals surface area contributed by atoms with E-state index in [9.17, 15) is 4.79 Å². The van der Waals surface area contributed by atoms with Crippen molar-refractivity contribution in [3.8, 4) is 0 Å². The smallest absolute Gasteiger partial charge is 0.152 e. The van der Waals surface area contributed by atoms with Crippen molar-refractivity contribution in [2.45, 2.75) is 38.1 Å². The summed E-state index contributed by atoms with van der Waals surface area (Å²) in [7, 11) is 0. The van der Waals surface area contributed by atoms with Crippen LogP contribution >= 0.6 is 0 Å². The molecular weight excluding hydrogens is 190 g/mol. The molecule has 0 unspecified atom stereocenters. The molecule has 1 aromatic rings. The standard InChI is InChI=1S/C11H17N3O/c12-8-11(15)7-9-5-6-14(13-9)10-3-1-2-4-10/h5-6,10H,1-4,7-8,12H2. The Kier molecular flexibility index (Phi) is 3.16. The molecule has 15 heavy (non-hydrogen) atoms. The molecule has 4 nitrogen and oxygen atoms in total. The second kappa shape index (κ2) is 4.57. The number of Topliss-reactive ketones (excluding diaryl/α,β-unsaturated/α-hetero) is 1. The lowest BCUT2D eigenvalue weighted by Gasteiger charge is -2.08. The predicted molar refractivity (Wildman–Crippen MR) is 57.5 cm³/mol. The van der Waals surface area contributed by atoms with E-state index in [0.29, 0.717) is 12.5 Å². The topological polar surface area (TPSA) is 60.9 Å². The zero-order valence-corrected chi connectivity index (χ0v) is 8.85. The maximum absolute atomic E-state index is 11.1. The molecule has 2 rings (SSSR count). The van der Waals surface area contributed by atoms with Crippen molar-refractivity contribution in [2.24, 2.45) is 5.73 Å². The van der Waals surface area contributed by atoms with Crippen LogP contribution in [0.25, 0.3) is 0 Å². The number of ketones is 1. The highest BCUT2D eigenvalue weighted by atomic mass is 16.1. The minimum Gasteiger partial charge on any atom is -0.324 e. The van der Waals surface area contributed by atoms with E-state index < -0.39 is 0 Å². The molecule has 0 aliphatic heterocycles. The van der Waals surface area contributed by atoms with Crippen LogP contribution in [-0.2, 0) is 11.2 Å². The molecule has 0 atom stereocenters. The van der Waals surface area contributed by atoms with E-state index in [0.717, 1.165) is 5.69 Å². The largest absolute Gasteiger partial charge is 0.324 e. The number of hydrogen-bond donors (Lipinski definition) is 1. The minimum atomic E-state index is 0.0478. The fourth-order valence-corrected chi connectivity index (χ4v) is 2.12. The van der Waals surface area contributed by atoms with Crippen molar-refractivity contribution in [1.82, 2.24) is 9.78 Å². The average Bonchev–Trinajstić information content (AvgIpc) is 2.85. The first-order valence-corrected chi connectivity index (χ1v) is 5.55. The SMILES string of the molecule is NCC(=O)Cc1ccn(C2CCCC2)n1.